The Morgan fingerprint density at radius 1 is 0.920 bits per heavy atom. The smallest absolute Gasteiger partial charge is 0.268 e. The van der Waals surface area contributed by atoms with E-state index in [4.69, 9.17) is 0 Å². The van der Waals surface area contributed by atoms with Crippen LogP contribution in [0.25, 0.3) is 0 Å². The van der Waals surface area contributed by atoms with E-state index in [0.717, 1.165) is 15.7 Å². The SMILES string of the molecule is O=C1N(Cc2ccccc2)c2ccc(Br)cc2[C@]1(O)c1ccccc1. The summed E-state index contributed by atoms with van der Waals surface area (Å²) >= 11 is 3.45. The van der Waals surface area contributed by atoms with Crippen molar-refractivity contribution in [3.05, 3.63) is 100 Å². The minimum atomic E-state index is -1.67. The van der Waals surface area contributed by atoms with E-state index in [1.807, 2.05) is 66.7 Å². The van der Waals surface area contributed by atoms with Crippen molar-refractivity contribution in [2.45, 2.75) is 12.1 Å². The molecule has 0 saturated carbocycles. The summed E-state index contributed by atoms with van der Waals surface area (Å²) < 4.78 is 0.829. The quantitative estimate of drug-likeness (QED) is 0.722. The number of carbonyl (C=O) groups excluding carboxylic acids is 1. The molecule has 4 rings (SSSR count). The van der Waals surface area contributed by atoms with Gasteiger partial charge in [-0.05, 0) is 29.3 Å². The second-order valence-corrected chi connectivity index (χ2v) is 7.03. The highest BCUT2D eigenvalue weighted by Gasteiger charge is 2.51. The molecular formula is C21H16BrNO2. The van der Waals surface area contributed by atoms with Gasteiger partial charge in [0.2, 0.25) is 0 Å². The van der Waals surface area contributed by atoms with Crippen LogP contribution >= 0.6 is 15.9 Å². The van der Waals surface area contributed by atoms with Crippen molar-refractivity contribution in [2.75, 3.05) is 4.90 Å². The van der Waals surface area contributed by atoms with Gasteiger partial charge in [-0.2, -0.15) is 0 Å². The van der Waals surface area contributed by atoms with E-state index in [0.29, 0.717) is 17.7 Å². The van der Waals surface area contributed by atoms with Gasteiger partial charge in [0.05, 0.1) is 12.2 Å². The van der Waals surface area contributed by atoms with Gasteiger partial charge in [0.1, 0.15) is 0 Å². The molecule has 124 valence electrons. The van der Waals surface area contributed by atoms with E-state index in [9.17, 15) is 9.90 Å². The minimum Gasteiger partial charge on any atom is -0.372 e. The van der Waals surface area contributed by atoms with Gasteiger partial charge < -0.3 is 10.0 Å². The molecule has 4 heteroatoms. The first-order valence-corrected chi connectivity index (χ1v) is 8.84. The molecule has 0 aromatic heterocycles. The lowest BCUT2D eigenvalue weighted by atomic mass is 9.87. The van der Waals surface area contributed by atoms with Crippen molar-refractivity contribution in [1.29, 1.82) is 0 Å². The Labute approximate surface area is 154 Å². The zero-order valence-electron chi connectivity index (χ0n) is 13.4. The number of aliphatic hydroxyl groups is 1. The van der Waals surface area contributed by atoms with Crippen LogP contribution in [0.2, 0.25) is 0 Å². The molecule has 0 fully saturated rings. The summed E-state index contributed by atoms with van der Waals surface area (Å²) in [5.41, 5.74) is 1.27. The highest BCUT2D eigenvalue weighted by molar-refractivity contribution is 9.10. The Hall–Kier alpha value is -2.43. The normalized spacial score (nSPS) is 19.1. The minimum absolute atomic E-state index is 0.323. The van der Waals surface area contributed by atoms with Crippen molar-refractivity contribution < 1.29 is 9.90 Å². The van der Waals surface area contributed by atoms with Gasteiger partial charge in [-0.15, -0.1) is 0 Å². The lowest BCUT2D eigenvalue weighted by molar-refractivity contribution is -0.132. The zero-order chi connectivity index (χ0) is 17.4. The first kappa shape index (κ1) is 16.1. The Kier molecular flexibility index (Phi) is 3.94. The number of anilines is 1. The van der Waals surface area contributed by atoms with Gasteiger partial charge in [0.25, 0.3) is 5.91 Å². The van der Waals surface area contributed by atoms with Crippen molar-refractivity contribution in [2.24, 2.45) is 0 Å². The molecule has 1 N–H and O–H groups in total. The molecule has 0 bridgehead atoms. The molecule has 0 saturated heterocycles. The summed E-state index contributed by atoms with van der Waals surface area (Å²) in [6.07, 6.45) is 0. The highest BCUT2D eigenvalue weighted by atomic mass is 79.9. The van der Waals surface area contributed by atoms with Crippen LogP contribution in [-0.2, 0) is 16.9 Å². The molecule has 0 radical (unpaired) electrons. The Bertz CT molecular complexity index is 927. The molecule has 1 aliphatic rings. The number of carbonyl (C=O) groups is 1. The Morgan fingerprint density at radius 2 is 1.56 bits per heavy atom. The van der Waals surface area contributed by atoms with Gasteiger partial charge in [-0.3, -0.25) is 4.79 Å². The average Bonchev–Trinajstić information content (AvgIpc) is 2.86. The number of halogens is 1. The maximum Gasteiger partial charge on any atom is 0.268 e. The molecule has 3 aromatic carbocycles. The average molecular weight is 394 g/mol. The molecular weight excluding hydrogens is 378 g/mol. The fraction of sp³-hybridized carbons (Fsp3) is 0.0952. The summed E-state index contributed by atoms with van der Waals surface area (Å²) in [6, 6.07) is 24.5. The van der Waals surface area contributed by atoms with E-state index in [-0.39, 0.29) is 5.91 Å². The largest absolute Gasteiger partial charge is 0.372 e. The molecule has 3 aromatic rings. The third-order valence-corrected chi connectivity index (χ3v) is 5.06. The maximum atomic E-state index is 13.3. The van der Waals surface area contributed by atoms with Gasteiger partial charge in [0, 0.05) is 10.0 Å². The molecule has 0 spiro atoms. The predicted octanol–water partition coefficient (Wildman–Crippen LogP) is 4.23. The number of amides is 1. The number of hydrogen-bond donors (Lipinski definition) is 1. The fourth-order valence-corrected chi connectivity index (χ4v) is 3.70. The Morgan fingerprint density at radius 3 is 2.24 bits per heavy atom. The van der Waals surface area contributed by atoms with Gasteiger partial charge in [-0.25, -0.2) is 0 Å². The number of rotatable bonds is 3. The van der Waals surface area contributed by atoms with Crippen LogP contribution in [0.5, 0.6) is 0 Å². The van der Waals surface area contributed by atoms with Gasteiger partial charge in [0.15, 0.2) is 5.60 Å². The number of benzene rings is 3. The summed E-state index contributed by atoms with van der Waals surface area (Å²) in [4.78, 5) is 14.9. The lowest BCUT2D eigenvalue weighted by Crippen LogP contribution is -2.40. The summed E-state index contributed by atoms with van der Waals surface area (Å²) in [5.74, 6) is -0.323. The van der Waals surface area contributed by atoms with Crippen molar-refractivity contribution in [3.63, 3.8) is 0 Å². The lowest BCUT2D eigenvalue weighted by Gasteiger charge is -2.23. The monoisotopic (exact) mass is 393 g/mol. The van der Waals surface area contributed by atoms with Crippen LogP contribution in [-0.4, -0.2) is 11.0 Å². The molecule has 25 heavy (non-hydrogen) atoms. The van der Waals surface area contributed by atoms with Crippen LogP contribution < -0.4 is 4.90 Å². The second-order valence-electron chi connectivity index (χ2n) is 6.11. The van der Waals surface area contributed by atoms with Gasteiger partial charge in [-0.1, -0.05) is 76.6 Å². The first-order chi connectivity index (χ1) is 12.1. The second kappa shape index (κ2) is 6.14. The summed E-state index contributed by atoms with van der Waals surface area (Å²) in [7, 11) is 0. The maximum absolute atomic E-state index is 13.3. The number of nitrogens with zero attached hydrogens (tertiary/aromatic N) is 1. The van der Waals surface area contributed by atoms with E-state index >= 15 is 0 Å². The number of fused-ring (bicyclic) bond motifs is 1. The van der Waals surface area contributed by atoms with Crippen LogP contribution in [0.4, 0.5) is 5.69 Å². The first-order valence-electron chi connectivity index (χ1n) is 8.04. The standard InChI is InChI=1S/C21H16BrNO2/c22-17-11-12-19-18(13-17)21(25,16-9-5-2-6-10-16)20(24)23(19)14-15-7-3-1-4-8-15/h1-13,25H,14H2/t21-/m1/s1. The Balaban J connectivity index is 1.86. The summed E-state index contributed by atoms with van der Waals surface area (Å²) in [6.45, 7) is 0.420. The third-order valence-electron chi connectivity index (χ3n) is 4.57. The van der Waals surface area contributed by atoms with Crippen LogP contribution in [0.1, 0.15) is 16.7 Å². The topological polar surface area (TPSA) is 40.5 Å². The van der Waals surface area contributed by atoms with Crippen molar-refractivity contribution in [1.82, 2.24) is 0 Å². The van der Waals surface area contributed by atoms with E-state index in [2.05, 4.69) is 15.9 Å². The molecule has 3 nitrogen and oxygen atoms in total. The highest BCUT2D eigenvalue weighted by Crippen LogP contribution is 2.45. The van der Waals surface area contributed by atoms with Crippen LogP contribution in [0.3, 0.4) is 0 Å². The molecule has 0 unspecified atom stereocenters. The van der Waals surface area contributed by atoms with Crippen LogP contribution in [0, 0.1) is 0 Å². The molecule has 1 aliphatic heterocycles. The van der Waals surface area contributed by atoms with Crippen molar-refractivity contribution >= 4 is 27.5 Å². The molecule has 1 heterocycles. The van der Waals surface area contributed by atoms with E-state index in [1.54, 1.807) is 17.0 Å². The van der Waals surface area contributed by atoms with Gasteiger partial charge >= 0.3 is 0 Å². The molecule has 0 aliphatic carbocycles. The van der Waals surface area contributed by atoms with Crippen molar-refractivity contribution in [3.8, 4) is 0 Å². The fourth-order valence-electron chi connectivity index (χ4n) is 3.33. The van der Waals surface area contributed by atoms with E-state index < -0.39 is 5.60 Å². The zero-order valence-corrected chi connectivity index (χ0v) is 15.0. The predicted molar refractivity (Wildman–Crippen MR) is 101 cm³/mol. The number of hydrogen-bond acceptors (Lipinski definition) is 2. The van der Waals surface area contributed by atoms with Crippen LogP contribution in [0.15, 0.2) is 83.3 Å². The summed E-state index contributed by atoms with van der Waals surface area (Å²) in [5, 5.41) is 11.4. The molecule has 1 amide bonds. The van der Waals surface area contributed by atoms with E-state index in [1.165, 1.54) is 0 Å². The molecule has 1 atom stereocenters. The third kappa shape index (κ3) is 2.58.